The minimum atomic E-state index is -0.501. The predicted molar refractivity (Wildman–Crippen MR) is 65.1 cm³/mol. The van der Waals surface area contributed by atoms with Gasteiger partial charge in [-0.05, 0) is 18.4 Å². The van der Waals surface area contributed by atoms with Crippen LogP contribution in [0.4, 0.5) is 5.69 Å². The molecule has 1 unspecified atom stereocenters. The molecule has 1 N–H and O–H groups in total. The highest BCUT2D eigenvalue weighted by Gasteiger charge is 2.43. The summed E-state index contributed by atoms with van der Waals surface area (Å²) in [5, 5.41) is 13.4. The van der Waals surface area contributed by atoms with Crippen molar-refractivity contribution in [1.82, 2.24) is 10.3 Å². The van der Waals surface area contributed by atoms with Crippen LogP contribution in [0.15, 0.2) is 12.3 Å². The van der Waals surface area contributed by atoms with E-state index in [1.165, 1.54) is 12.3 Å². The van der Waals surface area contributed by atoms with Crippen molar-refractivity contribution < 1.29 is 9.72 Å². The number of aromatic nitrogens is 1. The minimum Gasteiger partial charge on any atom is -0.359 e. The van der Waals surface area contributed by atoms with Crippen molar-refractivity contribution in [3.63, 3.8) is 0 Å². The van der Waals surface area contributed by atoms with Gasteiger partial charge in [0, 0.05) is 25.2 Å². The maximum atomic E-state index is 12.0. The van der Waals surface area contributed by atoms with Crippen molar-refractivity contribution in [3.05, 3.63) is 33.6 Å². The van der Waals surface area contributed by atoms with Crippen LogP contribution in [0.3, 0.4) is 0 Å². The van der Waals surface area contributed by atoms with Crippen molar-refractivity contribution in [1.29, 1.82) is 0 Å². The third-order valence-electron chi connectivity index (χ3n) is 3.68. The van der Waals surface area contributed by atoms with Crippen LogP contribution in [0.1, 0.15) is 24.6 Å². The van der Waals surface area contributed by atoms with Gasteiger partial charge in [0.25, 0.3) is 5.69 Å². The molecule has 1 amide bonds. The Bertz CT molecular complexity index is 515. The van der Waals surface area contributed by atoms with Crippen LogP contribution in [0.5, 0.6) is 0 Å². The van der Waals surface area contributed by atoms with Gasteiger partial charge < -0.3 is 5.32 Å². The van der Waals surface area contributed by atoms with Gasteiger partial charge in [0.05, 0.1) is 10.3 Å². The molecule has 0 bridgehead atoms. The van der Waals surface area contributed by atoms with Crippen molar-refractivity contribution in [2.45, 2.75) is 26.2 Å². The van der Waals surface area contributed by atoms with Crippen LogP contribution in [0.25, 0.3) is 0 Å². The summed E-state index contributed by atoms with van der Waals surface area (Å²) >= 11 is 0. The molecule has 96 valence electrons. The van der Waals surface area contributed by atoms with Gasteiger partial charge in [-0.15, -0.1) is 0 Å². The van der Waals surface area contributed by atoms with Crippen LogP contribution in [-0.4, -0.2) is 22.9 Å². The molecule has 0 aromatic carbocycles. The lowest BCUT2D eigenvalue weighted by atomic mass is 9.81. The van der Waals surface area contributed by atoms with E-state index in [0.29, 0.717) is 19.3 Å². The third-order valence-corrected chi connectivity index (χ3v) is 3.68. The second-order valence-electron chi connectivity index (χ2n) is 4.62. The number of nitrogens with zero attached hydrogens (tertiary/aromatic N) is 2. The highest BCUT2D eigenvalue weighted by molar-refractivity contribution is 5.84. The Morgan fingerprint density at radius 3 is 2.89 bits per heavy atom. The monoisotopic (exact) mass is 249 g/mol. The molecule has 0 radical (unpaired) electrons. The highest BCUT2D eigenvalue weighted by atomic mass is 16.6. The number of nitrogens with one attached hydrogen (secondary N) is 1. The highest BCUT2D eigenvalue weighted by Crippen LogP contribution is 2.39. The van der Waals surface area contributed by atoms with Crippen LogP contribution in [-0.2, 0) is 17.6 Å². The molecular weight excluding hydrogens is 234 g/mol. The number of carbonyl (C=O) groups excluding carboxylic acids is 1. The maximum Gasteiger partial charge on any atom is 0.287 e. The van der Waals surface area contributed by atoms with E-state index in [-0.39, 0.29) is 11.6 Å². The Morgan fingerprint density at radius 1 is 1.61 bits per heavy atom. The van der Waals surface area contributed by atoms with Crippen LogP contribution < -0.4 is 5.32 Å². The summed E-state index contributed by atoms with van der Waals surface area (Å²) in [5.41, 5.74) is 1.09. The molecule has 1 atom stereocenters. The van der Waals surface area contributed by atoms with Crippen LogP contribution in [0.2, 0.25) is 0 Å². The van der Waals surface area contributed by atoms with E-state index in [2.05, 4.69) is 10.3 Å². The molecule has 6 heteroatoms. The van der Waals surface area contributed by atoms with E-state index in [1.54, 1.807) is 7.05 Å². The molecular formula is C12H15N3O3. The molecule has 6 nitrogen and oxygen atoms in total. The molecule has 2 rings (SSSR count). The smallest absolute Gasteiger partial charge is 0.287 e. The number of rotatable bonds is 3. The summed E-state index contributed by atoms with van der Waals surface area (Å²) in [6.07, 6.45) is 3.02. The molecule has 0 spiro atoms. The van der Waals surface area contributed by atoms with Crippen molar-refractivity contribution >= 4 is 11.6 Å². The number of carbonyl (C=O) groups is 1. The Balaban J connectivity index is 2.37. The quantitative estimate of drug-likeness (QED) is 0.645. The SMILES string of the molecule is CCC1(C(=O)NC)Cc2cc([N+](=O)[O-])cnc2C1. The van der Waals surface area contributed by atoms with Crippen molar-refractivity contribution in [2.24, 2.45) is 5.41 Å². The number of nitro groups is 1. The van der Waals surface area contributed by atoms with Gasteiger partial charge in [-0.25, -0.2) is 0 Å². The molecule has 1 aliphatic carbocycles. The molecule has 1 aliphatic rings. The summed E-state index contributed by atoms with van der Waals surface area (Å²) in [5.74, 6) is -0.0225. The summed E-state index contributed by atoms with van der Waals surface area (Å²) in [6, 6.07) is 1.53. The van der Waals surface area contributed by atoms with Gasteiger partial charge in [-0.1, -0.05) is 6.92 Å². The summed E-state index contributed by atoms with van der Waals surface area (Å²) in [6.45, 7) is 1.95. The number of fused-ring (bicyclic) bond motifs is 1. The average molecular weight is 249 g/mol. The molecule has 0 aliphatic heterocycles. The molecule has 0 saturated heterocycles. The second kappa shape index (κ2) is 4.36. The van der Waals surface area contributed by atoms with Gasteiger partial charge in [0.1, 0.15) is 6.20 Å². The second-order valence-corrected chi connectivity index (χ2v) is 4.62. The lowest BCUT2D eigenvalue weighted by Crippen LogP contribution is -2.39. The van der Waals surface area contributed by atoms with E-state index < -0.39 is 10.3 Å². The standard InChI is InChI=1S/C12H15N3O3/c1-3-12(11(16)13-2)5-8-4-9(15(17)18)7-14-10(8)6-12/h4,7H,3,5-6H2,1-2H3,(H,13,16). The zero-order chi connectivity index (χ0) is 13.3. The van der Waals surface area contributed by atoms with E-state index in [4.69, 9.17) is 0 Å². The Hall–Kier alpha value is -1.98. The molecule has 18 heavy (non-hydrogen) atoms. The summed E-state index contributed by atoms with van der Waals surface area (Å²) in [4.78, 5) is 26.3. The average Bonchev–Trinajstić information content (AvgIpc) is 2.76. The molecule has 1 heterocycles. The Labute approximate surface area is 105 Å². The van der Waals surface area contributed by atoms with Gasteiger partial charge in [-0.2, -0.15) is 0 Å². The molecule has 0 fully saturated rings. The normalized spacial score (nSPS) is 21.4. The van der Waals surface area contributed by atoms with Crippen LogP contribution in [0, 0.1) is 15.5 Å². The third kappa shape index (κ3) is 1.83. The zero-order valence-electron chi connectivity index (χ0n) is 10.4. The Morgan fingerprint density at radius 2 is 2.33 bits per heavy atom. The fourth-order valence-electron chi connectivity index (χ4n) is 2.52. The first-order chi connectivity index (χ1) is 8.52. The first kappa shape index (κ1) is 12.5. The van der Waals surface area contributed by atoms with Crippen molar-refractivity contribution in [3.8, 4) is 0 Å². The minimum absolute atomic E-state index is 0.0161. The molecule has 0 saturated carbocycles. The first-order valence-electron chi connectivity index (χ1n) is 5.87. The zero-order valence-corrected chi connectivity index (χ0v) is 10.4. The fraction of sp³-hybridized carbons (Fsp3) is 0.500. The first-order valence-corrected chi connectivity index (χ1v) is 5.87. The fourth-order valence-corrected chi connectivity index (χ4v) is 2.52. The molecule has 1 aromatic rings. The number of amides is 1. The van der Waals surface area contributed by atoms with Crippen LogP contribution >= 0.6 is 0 Å². The van der Waals surface area contributed by atoms with E-state index in [1.807, 2.05) is 6.92 Å². The number of pyridine rings is 1. The van der Waals surface area contributed by atoms with E-state index in [0.717, 1.165) is 11.3 Å². The largest absolute Gasteiger partial charge is 0.359 e. The summed E-state index contributed by atoms with van der Waals surface area (Å²) < 4.78 is 0. The van der Waals surface area contributed by atoms with Gasteiger partial charge in [0.15, 0.2) is 0 Å². The van der Waals surface area contributed by atoms with Gasteiger partial charge >= 0.3 is 0 Å². The predicted octanol–water partition coefficient (Wildman–Crippen LogP) is 1.23. The van der Waals surface area contributed by atoms with E-state index in [9.17, 15) is 14.9 Å². The summed E-state index contributed by atoms with van der Waals surface area (Å²) in [7, 11) is 1.61. The number of hydrogen-bond donors (Lipinski definition) is 1. The van der Waals surface area contributed by atoms with E-state index >= 15 is 0 Å². The maximum absolute atomic E-state index is 12.0. The lowest BCUT2D eigenvalue weighted by molar-refractivity contribution is -0.385. The lowest BCUT2D eigenvalue weighted by Gasteiger charge is -2.24. The van der Waals surface area contributed by atoms with Crippen molar-refractivity contribution in [2.75, 3.05) is 7.05 Å². The number of hydrogen-bond acceptors (Lipinski definition) is 4. The topological polar surface area (TPSA) is 85.1 Å². The Kier molecular flexibility index (Phi) is 3.02. The van der Waals surface area contributed by atoms with Gasteiger partial charge in [-0.3, -0.25) is 19.9 Å². The molecule has 1 aromatic heterocycles. The van der Waals surface area contributed by atoms with Gasteiger partial charge in [0.2, 0.25) is 5.91 Å².